The molecule has 0 spiro atoms. The second-order valence-electron chi connectivity index (χ2n) is 4.60. The molecule has 1 aromatic carbocycles. The van der Waals surface area contributed by atoms with Crippen molar-refractivity contribution in [2.24, 2.45) is 5.92 Å². The van der Waals surface area contributed by atoms with Gasteiger partial charge in [0.15, 0.2) is 0 Å². The molecule has 16 heavy (non-hydrogen) atoms. The van der Waals surface area contributed by atoms with Crippen molar-refractivity contribution in [2.45, 2.75) is 18.9 Å². The summed E-state index contributed by atoms with van der Waals surface area (Å²) < 4.78 is 1.22. The van der Waals surface area contributed by atoms with Crippen LogP contribution in [0, 0.1) is 5.92 Å². The molecule has 1 aliphatic rings. The van der Waals surface area contributed by atoms with E-state index in [9.17, 15) is 0 Å². The van der Waals surface area contributed by atoms with Gasteiger partial charge in [0.1, 0.15) is 0 Å². The van der Waals surface area contributed by atoms with E-state index < -0.39 is 0 Å². The summed E-state index contributed by atoms with van der Waals surface area (Å²) in [5.41, 5.74) is 1.39. The van der Waals surface area contributed by atoms with Gasteiger partial charge in [0, 0.05) is 10.5 Å². The third kappa shape index (κ3) is 2.38. The fraction of sp³-hybridized carbons (Fsp3) is 0.429. The molecule has 0 amide bonds. The van der Waals surface area contributed by atoms with Crippen LogP contribution >= 0.6 is 15.9 Å². The molecule has 0 N–H and O–H groups in total. The number of hydrogen-bond donors (Lipinski definition) is 0. The van der Waals surface area contributed by atoms with Gasteiger partial charge in [-0.3, -0.25) is 0 Å². The zero-order valence-electron chi connectivity index (χ0n) is 9.86. The summed E-state index contributed by atoms with van der Waals surface area (Å²) in [6.45, 7) is 0. The van der Waals surface area contributed by atoms with Gasteiger partial charge in [-0.1, -0.05) is 46.3 Å². The molecule has 86 valence electrons. The Morgan fingerprint density at radius 1 is 1.31 bits per heavy atom. The highest BCUT2D eigenvalue weighted by Crippen LogP contribution is 2.37. The van der Waals surface area contributed by atoms with Gasteiger partial charge in [0.05, 0.1) is 0 Å². The van der Waals surface area contributed by atoms with Crippen molar-refractivity contribution in [2.75, 3.05) is 14.1 Å². The van der Waals surface area contributed by atoms with Crippen molar-refractivity contribution in [1.29, 1.82) is 0 Å². The first-order valence-corrected chi connectivity index (χ1v) is 6.57. The molecule has 1 nitrogen and oxygen atoms in total. The SMILES string of the molecule is CN(C)C(c1ccccc1Br)[C@H]1C=CCC1. The van der Waals surface area contributed by atoms with Crippen LogP contribution in [0.15, 0.2) is 40.9 Å². The van der Waals surface area contributed by atoms with Crippen LogP contribution in [-0.4, -0.2) is 19.0 Å². The molecule has 0 aliphatic heterocycles. The van der Waals surface area contributed by atoms with E-state index >= 15 is 0 Å². The number of benzene rings is 1. The van der Waals surface area contributed by atoms with E-state index in [1.807, 2.05) is 0 Å². The van der Waals surface area contributed by atoms with Crippen molar-refractivity contribution >= 4 is 15.9 Å². The van der Waals surface area contributed by atoms with Gasteiger partial charge in [0.25, 0.3) is 0 Å². The van der Waals surface area contributed by atoms with Crippen LogP contribution < -0.4 is 0 Å². The van der Waals surface area contributed by atoms with E-state index in [4.69, 9.17) is 0 Å². The summed E-state index contributed by atoms with van der Waals surface area (Å²) >= 11 is 3.66. The van der Waals surface area contributed by atoms with Crippen molar-refractivity contribution < 1.29 is 0 Å². The van der Waals surface area contributed by atoms with Crippen LogP contribution in [0.1, 0.15) is 24.4 Å². The molecule has 0 bridgehead atoms. The van der Waals surface area contributed by atoms with Gasteiger partial charge < -0.3 is 4.90 Å². The summed E-state index contributed by atoms with van der Waals surface area (Å²) in [5, 5.41) is 0. The number of allylic oxidation sites excluding steroid dienone is 1. The summed E-state index contributed by atoms with van der Waals surface area (Å²) in [7, 11) is 4.33. The maximum atomic E-state index is 3.66. The van der Waals surface area contributed by atoms with E-state index in [-0.39, 0.29) is 0 Å². The third-order valence-corrected chi connectivity index (χ3v) is 3.96. The van der Waals surface area contributed by atoms with E-state index in [2.05, 4.69) is 71.3 Å². The normalized spacial score (nSPS) is 21.6. The molecule has 2 atom stereocenters. The number of hydrogen-bond acceptors (Lipinski definition) is 1. The molecule has 1 unspecified atom stereocenters. The Morgan fingerprint density at radius 3 is 2.62 bits per heavy atom. The van der Waals surface area contributed by atoms with Crippen LogP contribution in [0.2, 0.25) is 0 Å². The van der Waals surface area contributed by atoms with E-state index in [1.165, 1.54) is 22.9 Å². The largest absolute Gasteiger partial charge is 0.302 e. The van der Waals surface area contributed by atoms with Gasteiger partial charge >= 0.3 is 0 Å². The molecular weight excluding hydrogens is 262 g/mol. The minimum absolute atomic E-state index is 0.481. The first kappa shape index (κ1) is 11.9. The van der Waals surface area contributed by atoms with Crippen LogP contribution in [0.25, 0.3) is 0 Å². The van der Waals surface area contributed by atoms with E-state index in [1.54, 1.807) is 0 Å². The van der Waals surface area contributed by atoms with Crippen LogP contribution in [0.5, 0.6) is 0 Å². The van der Waals surface area contributed by atoms with Crippen molar-refractivity contribution in [1.82, 2.24) is 4.90 Å². The summed E-state index contributed by atoms with van der Waals surface area (Å²) in [6.07, 6.45) is 7.16. The van der Waals surface area contributed by atoms with E-state index in [0.717, 1.165) is 0 Å². The second-order valence-corrected chi connectivity index (χ2v) is 5.45. The minimum Gasteiger partial charge on any atom is -0.302 e. The lowest BCUT2D eigenvalue weighted by atomic mass is 9.92. The number of rotatable bonds is 3. The summed E-state index contributed by atoms with van der Waals surface area (Å²) in [6, 6.07) is 9.03. The van der Waals surface area contributed by atoms with Crippen LogP contribution in [0.4, 0.5) is 0 Å². The lowest BCUT2D eigenvalue weighted by Crippen LogP contribution is -2.26. The first-order chi connectivity index (χ1) is 7.70. The fourth-order valence-electron chi connectivity index (χ4n) is 2.53. The topological polar surface area (TPSA) is 3.24 Å². The van der Waals surface area contributed by atoms with Gasteiger partial charge in [0.2, 0.25) is 0 Å². The van der Waals surface area contributed by atoms with Crippen molar-refractivity contribution in [3.8, 4) is 0 Å². The smallest absolute Gasteiger partial charge is 0.0415 e. The third-order valence-electron chi connectivity index (χ3n) is 3.24. The molecule has 2 heteroatoms. The zero-order chi connectivity index (χ0) is 11.5. The Hall–Kier alpha value is -0.600. The van der Waals surface area contributed by atoms with Crippen molar-refractivity contribution in [3.05, 3.63) is 46.5 Å². The molecule has 0 saturated carbocycles. The Labute approximate surface area is 106 Å². The van der Waals surface area contributed by atoms with Gasteiger partial charge in [-0.15, -0.1) is 0 Å². The Bertz CT molecular complexity index is 384. The Morgan fingerprint density at radius 2 is 2.06 bits per heavy atom. The molecule has 0 radical (unpaired) electrons. The average Bonchev–Trinajstić information content (AvgIpc) is 2.74. The predicted octanol–water partition coefficient (Wildman–Crippen LogP) is 4.02. The highest BCUT2D eigenvalue weighted by molar-refractivity contribution is 9.10. The number of halogens is 1. The van der Waals surface area contributed by atoms with Gasteiger partial charge in [-0.25, -0.2) is 0 Å². The molecule has 2 rings (SSSR count). The number of nitrogens with zero attached hydrogens (tertiary/aromatic N) is 1. The Kier molecular flexibility index (Phi) is 3.82. The highest BCUT2D eigenvalue weighted by Gasteiger charge is 2.26. The Balaban J connectivity index is 2.32. The quantitative estimate of drug-likeness (QED) is 0.756. The molecule has 0 saturated heterocycles. The lowest BCUT2D eigenvalue weighted by Gasteiger charge is -2.30. The zero-order valence-corrected chi connectivity index (χ0v) is 11.4. The summed E-state index contributed by atoms with van der Waals surface area (Å²) in [4.78, 5) is 2.32. The minimum atomic E-state index is 0.481. The van der Waals surface area contributed by atoms with Crippen molar-refractivity contribution in [3.63, 3.8) is 0 Å². The maximum absolute atomic E-state index is 3.66. The molecule has 0 heterocycles. The second kappa shape index (κ2) is 5.15. The maximum Gasteiger partial charge on any atom is 0.0415 e. The molecular formula is C14H18BrN. The lowest BCUT2D eigenvalue weighted by molar-refractivity contribution is 0.238. The standard InChI is InChI=1S/C14H18BrN/c1-16(2)14(11-7-3-4-8-11)12-9-5-6-10-13(12)15/h3,5-7,9-11,14H,4,8H2,1-2H3/t11-,14?/m0/s1. The highest BCUT2D eigenvalue weighted by atomic mass is 79.9. The van der Waals surface area contributed by atoms with Crippen LogP contribution in [0.3, 0.4) is 0 Å². The molecule has 1 aromatic rings. The molecule has 0 fully saturated rings. The first-order valence-electron chi connectivity index (χ1n) is 5.77. The fourth-order valence-corrected chi connectivity index (χ4v) is 3.05. The molecule has 0 aromatic heterocycles. The van der Waals surface area contributed by atoms with Gasteiger partial charge in [-0.05, 0) is 44.5 Å². The predicted molar refractivity (Wildman–Crippen MR) is 72.4 cm³/mol. The average molecular weight is 280 g/mol. The van der Waals surface area contributed by atoms with Gasteiger partial charge in [-0.2, -0.15) is 0 Å². The van der Waals surface area contributed by atoms with E-state index in [0.29, 0.717) is 12.0 Å². The molecule has 1 aliphatic carbocycles. The van der Waals surface area contributed by atoms with Crippen LogP contribution in [-0.2, 0) is 0 Å². The monoisotopic (exact) mass is 279 g/mol. The summed E-state index contributed by atoms with van der Waals surface area (Å²) in [5.74, 6) is 0.647.